The standard InChI is InChI=1S/C14H26N2O/c1-11(2)12-5-3-9-16(10-6-12)13(17)14(15)7-4-8-14/h11-12H,3-10,15H2,1-2H3. The molecule has 1 atom stereocenters. The van der Waals surface area contributed by atoms with Crippen LogP contribution in [0, 0.1) is 11.8 Å². The van der Waals surface area contributed by atoms with Gasteiger partial charge in [-0.25, -0.2) is 0 Å². The normalized spacial score (nSPS) is 28.7. The van der Waals surface area contributed by atoms with Crippen molar-refractivity contribution in [3.63, 3.8) is 0 Å². The van der Waals surface area contributed by atoms with Gasteiger partial charge >= 0.3 is 0 Å². The van der Waals surface area contributed by atoms with Crippen LogP contribution in [0.3, 0.4) is 0 Å². The van der Waals surface area contributed by atoms with E-state index in [-0.39, 0.29) is 5.91 Å². The molecule has 98 valence electrons. The van der Waals surface area contributed by atoms with E-state index in [1.165, 1.54) is 6.42 Å². The zero-order valence-corrected chi connectivity index (χ0v) is 11.2. The van der Waals surface area contributed by atoms with Gasteiger partial charge in [0.1, 0.15) is 0 Å². The van der Waals surface area contributed by atoms with E-state index in [9.17, 15) is 4.79 Å². The number of hydrogen-bond donors (Lipinski definition) is 1. The second-order valence-corrected chi connectivity index (χ2v) is 6.24. The fraction of sp³-hybridized carbons (Fsp3) is 0.929. The smallest absolute Gasteiger partial charge is 0.242 e. The number of nitrogens with two attached hydrogens (primary N) is 1. The molecule has 1 aliphatic heterocycles. The van der Waals surface area contributed by atoms with Crippen LogP contribution in [0.4, 0.5) is 0 Å². The number of amides is 1. The van der Waals surface area contributed by atoms with E-state index >= 15 is 0 Å². The highest BCUT2D eigenvalue weighted by Crippen LogP contribution is 2.32. The van der Waals surface area contributed by atoms with E-state index in [1.807, 2.05) is 4.90 Å². The maximum Gasteiger partial charge on any atom is 0.242 e. The quantitative estimate of drug-likeness (QED) is 0.801. The third kappa shape index (κ3) is 2.65. The number of likely N-dealkylation sites (tertiary alicyclic amines) is 1. The molecule has 1 unspecified atom stereocenters. The third-order valence-electron chi connectivity index (χ3n) is 4.67. The molecule has 17 heavy (non-hydrogen) atoms. The van der Waals surface area contributed by atoms with E-state index in [2.05, 4.69) is 13.8 Å². The molecule has 1 saturated carbocycles. The van der Waals surface area contributed by atoms with Crippen LogP contribution in [-0.4, -0.2) is 29.4 Å². The van der Waals surface area contributed by atoms with Gasteiger partial charge in [0.25, 0.3) is 0 Å². The van der Waals surface area contributed by atoms with Crippen molar-refractivity contribution in [2.45, 2.75) is 57.9 Å². The van der Waals surface area contributed by atoms with Gasteiger partial charge in [0.15, 0.2) is 0 Å². The van der Waals surface area contributed by atoms with E-state index < -0.39 is 5.54 Å². The molecular weight excluding hydrogens is 212 g/mol. The second kappa shape index (κ2) is 4.97. The predicted octanol–water partition coefficient (Wildman–Crippen LogP) is 2.15. The molecule has 2 fully saturated rings. The Kier molecular flexibility index (Phi) is 3.76. The second-order valence-electron chi connectivity index (χ2n) is 6.24. The molecule has 1 heterocycles. The van der Waals surface area contributed by atoms with Crippen molar-refractivity contribution in [3.8, 4) is 0 Å². The lowest BCUT2D eigenvalue weighted by atomic mass is 9.76. The summed E-state index contributed by atoms with van der Waals surface area (Å²) >= 11 is 0. The van der Waals surface area contributed by atoms with Crippen LogP contribution in [0.5, 0.6) is 0 Å². The van der Waals surface area contributed by atoms with Crippen molar-refractivity contribution in [1.82, 2.24) is 4.90 Å². The summed E-state index contributed by atoms with van der Waals surface area (Å²) in [4.78, 5) is 14.4. The van der Waals surface area contributed by atoms with Crippen LogP contribution >= 0.6 is 0 Å². The Balaban J connectivity index is 1.92. The van der Waals surface area contributed by atoms with Gasteiger partial charge in [-0.15, -0.1) is 0 Å². The molecule has 0 aromatic rings. The van der Waals surface area contributed by atoms with Crippen LogP contribution in [0.25, 0.3) is 0 Å². The zero-order chi connectivity index (χ0) is 12.5. The van der Waals surface area contributed by atoms with Crippen LogP contribution in [-0.2, 0) is 4.79 Å². The molecule has 0 aromatic heterocycles. The average molecular weight is 238 g/mol. The maximum absolute atomic E-state index is 12.3. The lowest BCUT2D eigenvalue weighted by molar-refractivity contribution is -0.140. The lowest BCUT2D eigenvalue weighted by Gasteiger charge is -2.40. The van der Waals surface area contributed by atoms with Crippen LogP contribution in [0.2, 0.25) is 0 Å². The monoisotopic (exact) mass is 238 g/mol. The summed E-state index contributed by atoms with van der Waals surface area (Å²) in [6, 6.07) is 0. The highest BCUT2D eigenvalue weighted by atomic mass is 16.2. The molecule has 3 nitrogen and oxygen atoms in total. The van der Waals surface area contributed by atoms with Crippen molar-refractivity contribution >= 4 is 5.91 Å². The first-order chi connectivity index (χ1) is 8.03. The summed E-state index contributed by atoms with van der Waals surface area (Å²) in [5, 5.41) is 0. The maximum atomic E-state index is 12.3. The Hall–Kier alpha value is -0.570. The molecule has 0 aromatic carbocycles. The Morgan fingerprint density at radius 2 is 1.94 bits per heavy atom. The highest BCUT2D eigenvalue weighted by Gasteiger charge is 2.42. The van der Waals surface area contributed by atoms with E-state index in [0.717, 1.165) is 57.0 Å². The van der Waals surface area contributed by atoms with E-state index in [4.69, 9.17) is 5.73 Å². The van der Waals surface area contributed by atoms with Gasteiger partial charge in [0.2, 0.25) is 5.91 Å². The summed E-state index contributed by atoms with van der Waals surface area (Å²) in [5.74, 6) is 1.73. The minimum absolute atomic E-state index is 0.216. The van der Waals surface area contributed by atoms with Crippen LogP contribution in [0.1, 0.15) is 52.4 Å². The molecule has 2 N–H and O–H groups in total. The van der Waals surface area contributed by atoms with Crippen molar-refractivity contribution in [2.75, 3.05) is 13.1 Å². The minimum Gasteiger partial charge on any atom is -0.341 e. The minimum atomic E-state index is -0.502. The molecule has 2 aliphatic rings. The molecule has 0 radical (unpaired) electrons. The van der Waals surface area contributed by atoms with Gasteiger partial charge in [0, 0.05) is 13.1 Å². The fourth-order valence-corrected chi connectivity index (χ4v) is 3.08. The van der Waals surface area contributed by atoms with Gasteiger partial charge in [-0.1, -0.05) is 13.8 Å². The predicted molar refractivity (Wildman–Crippen MR) is 69.5 cm³/mol. The molecule has 0 spiro atoms. The SMILES string of the molecule is CC(C)C1CCCN(C(=O)C2(N)CCC2)CC1. The van der Waals surface area contributed by atoms with E-state index in [0.29, 0.717) is 0 Å². The van der Waals surface area contributed by atoms with Crippen molar-refractivity contribution in [2.24, 2.45) is 17.6 Å². The van der Waals surface area contributed by atoms with Gasteiger partial charge in [-0.05, 0) is 50.4 Å². The summed E-state index contributed by atoms with van der Waals surface area (Å²) < 4.78 is 0. The molecule has 1 aliphatic carbocycles. The van der Waals surface area contributed by atoms with Crippen molar-refractivity contribution < 1.29 is 4.79 Å². The van der Waals surface area contributed by atoms with Gasteiger partial charge in [-0.2, -0.15) is 0 Å². The number of nitrogens with zero attached hydrogens (tertiary/aromatic N) is 1. The molecule has 0 bridgehead atoms. The summed E-state index contributed by atoms with van der Waals surface area (Å²) in [7, 11) is 0. The Bertz CT molecular complexity index is 284. The summed E-state index contributed by atoms with van der Waals surface area (Å²) in [6.07, 6.45) is 6.44. The molecule has 3 heteroatoms. The number of rotatable bonds is 2. The summed E-state index contributed by atoms with van der Waals surface area (Å²) in [6.45, 7) is 6.42. The van der Waals surface area contributed by atoms with Crippen LogP contribution in [0.15, 0.2) is 0 Å². The van der Waals surface area contributed by atoms with Gasteiger partial charge in [-0.3, -0.25) is 4.79 Å². The van der Waals surface area contributed by atoms with Crippen molar-refractivity contribution in [1.29, 1.82) is 0 Å². The largest absolute Gasteiger partial charge is 0.341 e. The average Bonchev–Trinajstić information content (AvgIpc) is 2.50. The zero-order valence-electron chi connectivity index (χ0n) is 11.2. The van der Waals surface area contributed by atoms with Crippen molar-refractivity contribution in [3.05, 3.63) is 0 Å². The number of hydrogen-bond acceptors (Lipinski definition) is 2. The van der Waals surface area contributed by atoms with Gasteiger partial charge in [0.05, 0.1) is 5.54 Å². The molecular formula is C14H26N2O. The third-order valence-corrected chi connectivity index (χ3v) is 4.67. The van der Waals surface area contributed by atoms with E-state index in [1.54, 1.807) is 0 Å². The number of carbonyl (C=O) groups excluding carboxylic acids is 1. The Morgan fingerprint density at radius 3 is 2.47 bits per heavy atom. The molecule has 1 amide bonds. The molecule has 2 rings (SSSR count). The highest BCUT2D eigenvalue weighted by molar-refractivity contribution is 5.87. The fourth-order valence-electron chi connectivity index (χ4n) is 3.08. The first-order valence-corrected chi connectivity index (χ1v) is 7.11. The lowest BCUT2D eigenvalue weighted by Crippen LogP contribution is -2.59. The molecule has 1 saturated heterocycles. The number of carbonyl (C=O) groups is 1. The van der Waals surface area contributed by atoms with Gasteiger partial charge < -0.3 is 10.6 Å². The first kappa shape index (κ1) is 12.9. The topological polar surface area (TPSA) is 46.3 Å². The Morgan fingerprint density at radius 1 is 1.24 bits per heavy atom. The van der Waals surface area contributed by atoms with Crippen LogP contribution < -0.4 is 5.73 Å². The first-order valence-electron chi connectivity index (χ1n) is 7.11. The Labute approximate surface area is 105 Å². The summed E-state index contributed by atoms with van der Waals surface area (Å²) in [5.41, 5.74) is 5.63.